The summed E-state index contributed by atoms with van der Waals surface area (Å²) in [4.78, 5) is 18.0. The summed E-state index contributed by atoms with van der Waals surface area (Å²) in [6.07, 6.45) is 0. The fourth-order valence-corrected chi connectivity index (χ4v) is 1.72. The highest BCUT2D eigenvalue weighted by molar-refractivity contribution is 8.00. The summed E-state index contributed by atoms with van der Waals surface area (Å²) in [6.45, 7) is 1.69. The maximum atomic E-state index is 10.3. The van der Waals surface area contributed by atoms with Crippen LogP contribution in [0.1, 0.15) is 5.69 Å². The van der Waals surface area contributed by atoms with Crippen LogP contribution in [0.5, 0.6) is 0 Å². The van der Waals surface area contributed by atoms with Gasteiger partial charge in [0.25, 0.3) is 0 Å². The van der Waals surface area contributed by atoms with Crippen molar-refractivity contribution >= 4 is 35.3 Å². The van der Waals surface area contributed by atoms with Crippen molar-refractivity contribution in [2.75, 3.05) is 11.5 Å². The molecule has 3 N–H and O–H groups in total. The first-order valence-corrected chi connectivity index (χ1v) is 5.01. The van der Waals surface area contributed by atoms with Gasteiger partial charge in [-0.1, -0.05) is 23.4 Å². The zero-order valence-corrected chi connectivity index (χ0v) is 8.89. The van der Waals surface area contributed by atoms with Gasteiger partial charge in [-0.3, -0.25) is 4.79 Å². The quantitative estimate of drug-likeness (QED) is 0.602. The van der Waals surface area contributed by atoms with Crippen LogP contribution in [-0.2, 0) is 4.79 Å². The molecule has 0 amide bonds. The number of nitrogen functional groups attached to an aromatic ring is 1. The van der Waals surface area contributed by atoms with Crippen LogP contribution < -0.4 is 5.73 Å². The fourth-order valence-electron chi connectivity index (χ4n) is 0.780. The molecule has 0 saturated carbocycles. The second-order valence-electron chi connectivity index (χ2n) is 2.47. The standard InChI is InChI=1S/C7H8ClN3O2S/c1-3-5(8)6(11-7(9)10-3)14-2-4(12)13/h2H2,1H3,(H,12,13)(H2,9,10,11). The number of thioether (sulfide) groups is 1. The minimum absolute atomic E-state index is 0.0970. The molecule has 1 aromatic rings. The van der Waals surface area contributed by atoms with Gasteiger partial charge in [0.2, 0.25) is 5.95 Å². The number of anilines is 1. The summed E-state index contributed by atoms with van der Waals surface area (Å²) >= 11 is 6.88. The Morgan fingerprint density at radius 1 is 1.64 bits per heavy atom. The van der Waals surface area contributed by atoms with E-state index in [4.69, 9.17) is 22.4 Å². The zero-order chi connectivity index (χ0) is 10.7. The Balaban J connectivity index is 2.90. The van der Waals surface area contributed by atoms with Crippen LogP contribution in [0.4, 0.5) is 5.95 Å². The topological polar surface area (TPSA) is 89.1 Å². The molecule has 14 heavy (non-hydrogen) atoms. The molecule has 0 spiro atoms. The van der Waals surface area contributed by atoms with E-state index in [9.17, 15) is 4.79 Å². The van der Waals surface area contributed by atoms with Crippen LogP contribution in [0, 0.1) is 6.92 Å². The van der Waals surface area contributed by atoms with Gasteiger partial charge in [-0.15, -0.1) is 0 Å². The molecule has 0 aliphatic rings. The highest BCUT2D eigenvalue weighted by atomic mass is 35.5. The SMILES string of the molecule is Cc1nc(N)nc(SCC(=O)O)c1Cl. The molecule has 0 saturated heterocycles. The number of hydrogen-bond acceptors (Lipinski definition) is 5. The Kier molecular flexibility index (Phi) is 3.54. The van der Waals surface area contributed by atoms with Crippen LogP contribution >= 0.6 is 23.4 Å². The Hall–Kier alpha value is -1.01. The summed E-state index contributed by atoms with van der Waals surface area (Å²) < 4.78 is 0. The number of aryl methyl sites for hydroxylation is 1. The average Bonchev–Trinajstić information content (AvgIpc) is 2.08. The van der Waals surface area contributed by atoms with Crippen LogP contribution in [0.25, 0.3) is 0 Å². The molecule has 76 valence electrons. The van der Waals surface area contributed by atoms with E-state index in [0.29, 0.717) is 15.7 Å². The lowest BCUT2D eigenvalue weighted by Gasteiger charge is -2.04. The third-order valence-electron chi connectivity index (χ3n) is 1.34. The van der Waals surface area contributed by atoms with Crippen molar-refractivity contribution in [3.8, 4) is 0 Å². The number of carbonyl (C=O) groups is 1. The highest BCUT2D eigenvalue weighted by Gasteiger charge is 2.10. The summed E-state index contributed by atoms with van der Waals surface area (Å²) in [5.74, 6) is -0.934. The smallest absolute Gasteiger partial charge is 0.313 e. The minimum Gasteiger partial charge on any atom is -0.481 e. The summed E-state index contributed by atoms with van der Waals surface area (Å²) in [5, 5.41) is 9.22. The Morgan fingerprint density at radius 3 is 2.86 bits per heavy atom. The number of nitrogens with zero attached hydrogens (tertiary/aromatic N) is 2. The molecule has 0 fully saturated rings. The van der Waals surface area contributed by atoms with E-state index in [2.05, 4.69) is 9.97 Å². The van der Waals surface area contributed by atoms with Crippen molar-refractivity contribution in [2.45, 2.75) is 11.9 Å². The highest BCUT2D eigenvalue weighted by Crippen LogP contribution is 2.27. The normalized spacial score (nSPS) is 10.1. The lowest BCUT2D eigenvalue weighted by Crippen LogP contribution is -2.02. The van der Waals surface area contributed by atoms with Gasteiger partial charge in [0.05, 0.1) is 16.5 Å². The number of hydrogen-bond donors (Lipinski definition) is 2. The summed E-state index contributed by atoms with van der Waals surface area (Å²) in [5.41, 5.74) is 5.94. The van der Waals surface area contributed by atoms with Crippen LogP contribution in [-0.4, -0.2) is 26.8 Å². The molecule has 0 unspecified atom stereocenters. The van der Waals surface area contributed by atoms with Gasteiger partial charge in [-0.2, -0.15) is 0 Å². The van der Waals surface area contributed by atoms with E-state index in [-0.39, 0.29) is 11.7 Å². The fraction of sp³-hybridized carbons (Fsp3) is 0.286. The minimum atomic E-state index is -0.930. The molecule has 7 heteroatoms. The number of aromatic nitrogens is 2. The molecule has 1 aromatic heterocycles. The van der Waals surface area contributed by atoms with Crippen molar-refractivity contribution in [3.05, 3.63) is 10.7 Å². The van der Waals surface area contributed by atoms with Crippen molar-refractivity contribution < 1.29 is 9.90 Å². The maximum Gasteiger partial charge on any atom is 0.313 e. The Bertz CT molecular complexity index is 372. The number of halogens is 1. The lowest BCUT2D eigenvalue weighted by molar-refractivity contribution is -0.133. The molecule has 5 nitrogen and oxygen atoms in total. The number of rotatable bonds is 3. The Labute approximate surface area is 89.7 Å². The first kappa shape index (κ1) is 11.1. The van der Waals surface area contributed by atoms with Crippen LogP contribution in [0.2, 0.25) is 5.02 Å². The largest absolute Gasteiger partial charge is 0.481 e. The second kappa shape index (κ2) is 4.47. The molecule has 0 bridgehead atoms. The molecule has 0 atom stereocenters. The van der Waals surface area contributed by atoms with Crippen molar-refractivity contribution in [2.24, 2.45) is 0 Å². The zero-order valence-electron chi connectivity index (χ0n) is 7.32. The monoisotopic (exact) mass is 233 g/mol. The number of nitrogens with two attached hydrogens (primary N) is 1. The van der Waals surface area contributed by atoms with Crippen LogP contribution in [0.15, 0.2) is 5.03 Å². The number of carboxylic acids is 1. The van der Waals surface area contributed by atoms with Crippen molar-refractivity contribution in [1.29, 1.82) is 0 Å². The first-order chi connectivity index (χ1) is 6.50. The van der Waals surface area contributed by atoms with Gasteiger partial charge in [0.1, 0.15) is 5.03 Å². The average molecular weight is 234 g/mol. The van der Waals surface area contributed by atoms with Gasteiger partial charge >= 0.3 is 5.97 Å². The molecule has 0 radical (unpaired) electrons. The third-order valence-corrected chi connectivity index (χ3v) is 2.86. The van der Waals surface area contributed by atoms with Gasteiger partial charge in [0, 0.05) is 0 Å². The first-order valence-electron chi connectivity index (χ1n) is 3.65. The van der Waals surface area contributed by atoms with Gasteiger partial charge in [-0.25, -0.2) is 9.97 Å². The molecule has 1 heterocycles. The molecule has 0 aliphatic carbocycles. The van der Waals surface area contributed by atoms with E-state index in [1.54, 1.807) is 6.92 Å². The van der Waals surface area contributed by atoms with Crippen molar-refractivity contribution in [1.82, 2.24) is 9.97 Å². The molecule has 1 rings (SSSR count). The van der Waals surface area contributed by atoms with Crippen molar-refractivity contribution in [3.63, 3.8) is 0 Å². The van der Waals surface area contributed by atoms with E-state index >= 15 is 0 Å². The van der Waals surface area contributed by atoms with E-state index in [1.807, 2.05) is 0 Å². The molecular formula is C7H8ClN3O2S. The third kappa shape index (κ3) is 2.74. The summed E-state index contributed by atoms with van der Waals surface area (Å²) in [6, 6.07) is 0. The second-order valence-corrected chi connectivity index (χ2v) is 3.81. The van der Waals surface area contributed by atoms with Gasteiger partial charge in [-0.05, 0) is 6.92 Å². The number of aliphatic carboxylic acids is 1. The molecular weight excluding hydrogens is 226 g/mol. The van der Waals surface area contributed by atoms with E-state index in [1.165, 1.54) is 0 Å². The Morgan fingerprint density at radius 2 is 2.29 bits per heavy atom. The van der Waals surface area contributed by atoms with Gasteiger partial charge < -0.3 is 10.8 Å². The predicted molar refractivity (Wildman–Crippen MR) is 54.6 cm³/mol. The van der Waals surface area contributed by atoms with E-state index < -0.39 is 5.97 Å². The van der Waals surface area contributed by atoms with Gasteiger partial charge in [0.15, 0.2) is 0 Å². The van der Waals surface area contributed by atoms with E-state index in [0.717, 1.165) is 11.8 Å². The lowest BCUT2D eigenvalue weighted by atomic mass is 10.4. The predicted octanol–water partition coefficient (Wildman–Crippen LogP) is 1.20. The molecule has 0 aromatic carbocycles. The maximum absolute atomic E-state index is 10.3. The summed E-state index contributed by atoms with van der Waals surface area (Å²) in [7, 11) is 0. The number of carboxylic acid groups (broad SMARTS) is 1. The van der Waals surface area contributed by atoms with Crippen LogP contribution in [0.3, 0.4) is 0 Å². The molecule has 0 aliphatic heterocycles.